The molecule has 1 N–H and O–H groups in total. The number of nitrogens with one attached hydrogen (secondary N) is 1. The molecule has 2 rings (SSSR count). The van der Waals surface area contributed by atoms with Crippen molar-refractivity contribution in [3.63, 3.8) is 0 Å². The van der Waals surface area contributed by atoms with Gasteiger partial charge in [-0.05, 0) is 23.3 Å². The van der Waals surface area contributed by atoms with E-state index in [0.717, 1.165) is 22.6 Å². The third-order valence-electron chi connectivity index (χ3n) is 3.22. The summed E-state index contributed by atoms with van der Waals surface area (Å²) in [7, 11) is 3.23. The summed E-state index contributed by atoms with van der Waals surface area (Å²) in [4.78, 5) is 10.2. The lowest BCUT2D eigenvalue weighted by Crippen LogP contribution is -2.12. The molecule has 0 unspecified atom stereocenters. The molecule has 6 nitrogen and oxygen atoms in total. The Hall–Kier alpha value is -2.60. The van der Waals surface area contributed by atoms with E-state index in [2.05, 4.69) is 5.32 Å². The van der Waals surface area contributed by atoms with Gasteiger partial charge >= 0.3 is 0 Å². The standard InChI is InChI=1S/C16H18N2O4/c1-21-15-7-13(8-16(9-15)22-2)11-17-10-12-3-5-14(6-4-12)18(19)20/h3-9,17H,10-11H2,1-2H3. The SMILES string of the molecule is COc1cc(CNCc2ccc([N+](=O)[O-])cc2)cc(OC)c1. The van der Waals surface area contributed by atoms with Gasteiger partial charge in [-0.1, -0.05) is 12.1 Å². The van der Waals surface area contributed by atoms with Crippen LogP contribution in [0.15, 0.2) is 42.5 Å². The summed E-state index contributed by atoms with van der Waals surface area (Å²) < 4.78 is 10.5. The second-order valence-corrected chi connectivity index (χ2v) is 4.75. The third kappa shape index (κ3) is 4.20. The van der Waals surface area contributed by atoms with E-state index >= 15 is 0 Å². The third-order valence-corrected chi connectivity index (χ3v) is 3.22. The largest absolute Gasteiger partial charge is 0.497 e. The van der Waals surface area contributed by atoms with Crippen molar-refractivity contribution < 1.29 is 14.4 Å². The summed E-state index contributed by atoms with van der Waals surface area (Å²) in [6.45, 7) is 1.27. The molecule has 0 saturated carbocycles. The smallest absolute Gasteiger partial charge is 0.269 e. The van der Waals surface area contributed by atoms with Crippen LogP contribution in [0.25, 0.3) is 0 Å². The Balaban J connectivity index is 1.94. The minimum Gasteiger partial charge on any atom is -0.497 e. The quantitative estimate of drug-likeness (QED) is 0.629. The average molecular weight is 302 g/mol. The fourth-order valence-corrected chi connectivity index (χ4v) is 2.06. The van der Waals surface area contributed by atoms with Crippen LogP contribution in [0.5, 0.6) is 11.5 Å². The number of nitro benzene ring substituents is 1. The maximum absolute atomic E-state index is 10.6. The van der Waals surface area contributed by atoms with Crippen molar-refractivity contribution in [1.82, 2.24) is 5.32 Å². The Morgan fingerprint density at radius 3 is 2.00 bits per heavy atom. The van der Waals surface area contributed by atoms with Crippen LogP contribution in [0.4, 0.5) is 5.69 Å². The van der Waals surface area contributed by atoms with Crippen LogP contribution in [0.2, 0.25) is 0 Å². The predicted octanol–water partition coefficient (Wildman–Crippen LogP) is 2.90. The van der Waals surface area contributed by atoms with Crippen molar-refractivity contribution in [2.75, 3.05) is 14.2 Å². The molecule has 0 atom stereocenters. The normalized spacial score (nSPS) is 10.3. The number of non-ortho nitro benzene ring substituents is 1. The Kier molecular flexibility index (Phi) is 5.32. The summed E-state index contributed by atoms with van der Waals surface area (Å²) in [6.07, 6.45) is 0. The first-order valence-electron chi connectivity index (χ1n) is 6.78. The number of ether oxygens (including phenoxy) is 2. The first-order valence-corrected chi connectivity index (χ1v) is 6.78. The molecule has 0 radical (unpaired) electrons. The van der Waals surface area contributed by atoms with Gasteiger partial charge in [0.05, 0.1) is 19.1 Å². The lowest BCUT2D eigenvalue weighted by Gasteiger charge is -2.09. The number of hydrogen-bond acceptors (Lipinski definition) is 5. The molecule has 0 aliphatic rings. The molecule has 0 fully saturated rings. The van der Waals surface area contributed by atoms with E-state index in [4.69, 9.17) is 9.47 Å². The lowest BCUT2D eigenvalue weighted by atomic mass is 10.1. The van der Waals surface area contributed by atoms with Gasteiger partial charge in [0.1, 0.15) is 11.5 Å². The monoisotopic (exact) mass is 302 g/mol. The van der Waals surface area contributed by atoms with Crippen molar-refractivity contribution in [3.8, 4) is 11.5 Å². The second kappa shape index (κ2) is 7.42. The summed E-state index contributed by atoms with van der Waals surface area (Å²) in [5.41, 5.74) is 2.12. The van der Waals surface area contributed by atoms with E-state index < -0.39 is 4.92 Å². The molecule has 2 aromatic carbocycles. The first kappa shape index (κ1) is 15.8. The van der Waals surface area contributed by atoms with Gasteiger partial charge < -0.3 is 14.8 Å². The van der Waals surface area contributed by atoms with Gasteiger partial charge in [-0.2, -0.15) is 0 Å². The maximum Gasteiger partial charge on any atom is 0.269 e. The molecule has 0 aromatic heterocycles. The minimum atomic E-state index is -0.403. The number of methoxy groups -OCH3 is 2. The summed E-state index contributed by atoms with van der Waals surface area (Å²) in [6, 6.07) is 12.2. The van der Waals surface area contributed by atoms with E-state index in [1.54, 1.807) is 26.4 Å². The molecule has 0 spiro atoms. The molecule has 0 bridgehead atoms. The Morgan fingerprint density at radius 1 is 0.955 bits per heavy atom. The van der Waals surface area contributed by atoms with Crippen molar-refractivity contribution in [2.45, 2.75) is 13.1 Å². The topological polar surface area (TPSA) is 73.6 Å². The molecule has 0 aliphatic heterocycles. The van der Waals surface area contributed by atoms with Crippen molar-refractivity contribution in [1.29, 1.82) is 0 Å². The zero-order valence-corrected chi connectivity index (χ0v) is 12.5. The fraction of sp³-hybridized carbons (Fsp3) is 0.250. The lowest BCUT2D eigenvalue weighted by molar-refractivity contribution is -0.384. The van der Waals surface area contributed by atoms with Crippen molar-refractivity contribution >= 4 is 5.69 Å². The van der Waals surface area contributed by atoms with Crippen LogP contribution in [0.3, 0.4) is 0 Å². The maximum atomic E-state index is 10.6. The van der Waals surface area contributed by atoms with Gasteiger partial charge in [0.2, 0.25) is 0 Å². The van der Waals surface area contributed by atoms with Crippen LogP contribution in [0, 0.1) is 10.1 Å². The molecular weight excluding hydrogens is 284 g/mol. The molecule has 2 aromatic rings. The fourth-order valence-electron chi connectivity index (χ4n) is 2.06. The van der Waals surface area contributed by atoms with Gasteiger partial charge in [-0.3, -0.25) is 10.1 Å². The van der Waals surface area contributed by atoms with Gasteiger partial charge in [0.15, 0.2) is 0 Å². The minimum absolute atomic E-state index is 0.0984. The van der Waals surface area contributed by atoms with Crippen LogP contribution < -0.4 is 14.8 Å². The van der Waals surface area contributed by atoms with Gasteiger partial charge in [-0.25, -0.2) is 0 Å². The summed E-state index contributed by atoms with van der Waals surface area (Å²) in [5.74, 6) is 1.48. The molecule has 0 heterocycles. The van der Waals surface area contributed by atoms with Crippen LogP contribution in [0.1, 0.15) is 11.1 Å². The highest BCUT2D eigenvalue weighted by molar-refractivity contribution is 5.38. The second-order valence-electron chi connectivity index (χ2n) is 4.75. The molecule has 22 heavy (non-hydrogen) atoms. The average Bonchev–Trinajstić information content (AvgIpc) is 2.55. The summed E-state index contributed by atoms with van der Waals surface area (Å²) in [5, 5.41) is 13.9. The Morgan fingerprint density at radius 2 is 1.50 bits per heavy atom. The highest BCUT2D eigenvalue weighted by Gasteiger charge is 2.04. The highest BCUT2D eigenvalue weighted by atomic mass is 16.6. The van der Waals surface area contributed by atoms with Crippen molar-refractivity contribution in [2.24, 2.45) is 0 Å². The van der Waals surface area contributed by atoms with Crippen molar-refractivity contribution in [3.05, 3.63) is 63.7 Å². The van der Waals surface area contributed by atoms with E-state index in [9.17, 15) is 10.1 Å². The first-order chi connectivity index (χ1) is 10.6. The molecule has 0 amide bonds. The molecule has 116 valence electrons. The van der Waals surface area contributed by atoms with Crippen LogP contribution in [-0.2, 0) is 13.1 Å². The molecule has 6 heteroatoms. The number of benzene rings is 2. The zero-order chi connectivity index (χ0) is 15.9. The number of rotatable bonds is 7. The van der Waals surface area contributed by atoms with E-state index in [1.165, 1.54) is 12.1 Å². The Bertz CT molecular complexity index is 619. The molecular formula is C16H18N2O4. The van der Waals surface area contributed by atoms with Gasteiger partial charge in [0, 0.05) is 31.3 Å². The highest BCUT2D eigenvalue weighted by Crippen LogP contribution is 2.22. The number of nitro groups is 1. The van der Waals surface area contributed by atoms with Crippen LogP contribution in [-0.4, -0.2) is 19.1 Å². The Labute approximate surface area is 128 Å². The number of hydrogen-bond donors (Lipinski definition) is 1. The predicted molar refractivity (Wildman–Crippen MR) is 83.2 cm³/mol. The van der Waals surface area contributed by atoms with Crippen LogP contribution >= 0.6 is 0 Å². The zero-order valence-electron chi connectivity index (χ0n) is 12.5. The number of nitrogens with zero attached hydrogens (tertiary/aromatic N) is 1. The van der Waals surface area contributed by atoms with Gasteiger partial charge in [0.25, 0.3) is 5.69 Å². The molecule has 0 aliphatic carbocycles. The van der Waals surface area contributed by atoms with E-state index in [1.807, 2.05) is 18.2 Å². The van der Waals surface area contributed by atoms with E-state index in [-0.39, 0.29) is 5.69 Å². The van der Waals surface area contributed by atoms with E-state index in [0.29, 0.717) is 13.1 Å². The van der Waals surface area contributed by atoms with Gasteiger partial charge in [-0.15, -0.1) is 0 Å². The summed E-state index contributed by atoms with van der Waals surface area (Å²) >= 11 is 0. The molecule has 0 saturated heterocycles.